The van der Waals surface area contributed by atoms with Crippen LogP contribution in [0.5, 0.6) is 0 Å². The number of benzene rings is 1. The fraction of sp³-hybridized carbons (Fsp3) is 0.500. The average molecular weight is 453 g/mol. The van der Waals surface area contributed by atoms with Gasteiger partial charge < -0.3 is 38.8 Å². The molecule has 0 saturated heterocycles. The first-order valence-electron chi connectivity index (χ1n) is 7.05. The minimum Gasteiger partial charge on any atom is -1.00 e. The number of halogens is 1. The first-order chi connectivity index (χ1) is 10.5. The third kappa shape index (κ3) is 8.03. The Morgan fingerprint density at radius 3 is 2.26 bits per heavy atom. The molecule has 5 nitrogen and oxygen atoms in total. The van der Waals surface area contributed by atoms with Crippen molar-refractivity contribution in [1.82, 2.24) is 5.32 Å². The highest BCUT2D eigenvalue weighted by Crippen LogP contribution is 2.19. The summed E-state index contributed by atoms with van der Waals surface area (Å²) in [4.78, 5) is 23.8. The van der Waals surface area contributed by atoms with Gasteiger partial charge in [-0.3, -0.25) is 9.59 Å². The molecule has 3 atom stereocenters. The summed E-state index contributed by atoms with van der Waals surface area (Å²) in [6.45, 7) is 3.44. The zero-order valence-corrected chi connectivity index (χ0v) is 16.8. The van der Waals surface area contributed by atoms with Gasteiger partial charge in [-0.1, -0.05) is 18.2 Å². The van der Waals surface area contributed by atoms with Crippen LogP contribution in [0.1, 0.15) is 13.8 Å². The fourth-order valence-corrected chi connectivity index (χ4v) is 4.06. The normalized spacial score (nSPS) is 14.1. The van der Waals surface area contributed by atoms with Crippen LogP contribution in [0.4, 0.5) is 0 Å². The smallest absolute Gasteiger partial charge is 0.302 e. The Labute approximate surface area is 157 Å². The van der Waals surface area contributed by atoms with E-state index in [4.69, 9.17) is 9.47 Å². The van der Waals surface area contributed by atoms with E-state index in [0.29, 0.717) is 6.61 Å². The lowest BCUT2D eigenvalue weighted by Gasteiger charge is -2.25. The number of nitrogens with one attached hydrogen (secondary N) is 1. The molecule has 0 aromatic heterocycles. The van der Waals surface area contributed by atoms with Crippen molar-refractivity contribution in [2.24, 2.45) is 0 Å². The zero-order valence-electron chi connectivity index (χ0n) is 13.9. The summed E-state index contributed by atoms with van der Waals surface area (Å²) in [7, 11) is 1.47. The Balaban J connectivity index is 0.00000484. The van der Waals surface area contributed by atoms with Crippen LogP contribution < -0.4 is 29.3 Å². The molecule has 0 aliphatic rings. The van der Waals surface area contributed by atoms with Crippen LogP contribution in [0.15, 0.2) is 35.2 Å². The minimum absolute atomic E-state index is 0. The third-order valence-corrected chi connectivity index (χ3v) is 5.59. The van der Waals surface area contributed by atoms with E-state index >= 15 is 0 Å². The summed E-state index contributed by atoms with van der Waals surface area (Å²) in [6, 6.07) is 9.78. The predicted octanol–water partition coefficient (Wildman–Crippen LogP) is -1.62. The lowest BCUT2D eigenvalue weighted by Crippen LogP contribution is -3.00. The van der Waals surface area contributed by atoms with Crippen LogP contribution >= 0.6 is 0 Å². The molecule has 7 heteroatoms. The number of carbonyl (C=O) groups is 2. The summed E-state index contributed by atoms with van der Waals surface area (Å²) in [5, 5.41) is 2.91. The Hall–Kier alpha value is -0.800. The van der Waals surface area contributed by atoms with Gasteiger partial charge in [0.1, 0.15) is 18.9 Å². The number of rotatable bonds is 8. The van der Waals surface area contributed by atoms with Crippen LogP contribution in [0, 0.1) is 0 Å². The second kappa shape index (κ2) is 11.7. The lowest BCUT2D eigenvalue weighted by atomic mass is 10.2. The van der Waals surface area contributed by atoms with Crippen molar-refractivity contribution in [3.63, 3.8) is 0 Å². The van der Waals surface area contributed by atoms with Gasteiger partial charge in [-0.15, -0.1) is 0 Å². The molecule has 1 aromatic rings. The summed E-state index contributed by atoms with van der Waals surface area (Å²) >= 11 is 0. The number of ether oxygens (including phenoxy) is 2. The van der Waals surface area contributed by atoms with E-state index < -0.39 is 0 Å². The Morgan fingerprint density at radius 2 is 1.78 bits per heavy atom. The van der Waals surface area contributed by atoms with Gasteiger partial charge in [-0.05, 0) is 12.1 Å². The molecule has 0 aliphatic carbocycles. The molecule has 1 N–H and O–H groups in total. The van der Waals surface area contributed by atoms with Crippen LogP contribution in [0.2, 0.25) is 0 Å². The maximum atomic E-state index is 11.5. The molecule has 0 saturated carbocycles. The van der Waals surface area contributed by atoms with E-state index in [1.54, 1.807) is 7.11 Å². The van der Waals surface area contributed by atoms with Gasteiger partial charge in [-0.25, -0.2) is 0 Å². The second-order valence-electron chi connectivity index (χ2n) is 4.97. The highest BCUT2D eigenvalue weighted by atomic mass is 127. The van der Waals surface area contributed by atoms with Crippen molar-refractivity contribution in [2.75, 3.05) is 26.6 Å². The summed E-state index contributed by atoms with van der Waals surface area (Å²) in [6.07, 6.45) is 2.11. The van der Waals surface area contributed by atoms with Crippen molar-refractivity contribution < 1.29 is 43.0 Å². The Bertz CT molecular complexity index is 486. The molecule has 0 bridgehead atoms. The largest absolute Gasteiger partial charge is 1.00 e. The highest BCUT2D eigenvalue weighted by molar-refractivity contribution is 7.97. The second-order valence-corrected chi connectivity index (χ2v) is 7.17. The van der Waals surface area contributed by atoms with Crippen molar-refractivity contribution in [1.29, 1.82) is 0 Å². The average Bonchev–Trinajstić information content (AvgIpc) is 2.49. The maximum absolute atomic E-state index is 11.5. The number of esters is 1. The van der Waals surface area contributed by atoms with Gasteiger partial charge in [0.25, 0.3) is 0 Å². The zero-order chi connectivity index (χ0) is 16.5. The van der Waals surface area contributed by atoms with E-state index in [9.17, 15) is 9.59 Å². The van der Waals surface area contributed by atoms with Crippen LogP contribution in [-0.2, 0) is 30.0 Å². The van der Waals surface area contributed by atoms with Crippen molar-refractivity contribution in [2.45, 2.75) is 30.0 Å². The molecular weight excluding hydrogens is 429 g/mol. The Kier molecular flexibility index (Phi) is 11.3. The first kappa shape index (κ1) is 22.2. The lowest BCUT2D eigenvalue weighted by molar-refractivity contribution is -0.142. The number of carbonyl (C=O) groups excluding carboxylic acids is 2. The monoisotopic (exact) mass is 453 g/mol. The van der Waals surface area contributed by atoms with Gasteiger partial charge in [-0.2, -0.15) is 0 Å². The molecule has 1 amide bonds. The molecule has 0 spiro atoms. The molecule has 1 unspecified atom stereocenters. The molecule has 130 valence electrons. The van der Waals surface area contributed by atoms with Gasteiger partial charge in [0, 0.05) is 31.9 Å². The summed E-state index contributed by atoms with van der Waals surface area (Å²) < 4.78 is 10.4. The summed E-state index contributed by atoms with van der Waals surface area (Å²) in [5.41, 5.74) is 0. The van der Waals surface area contributed by atoms with E-state index in [1.807, 2.05) is 18.2 Å². The highest BCUT2D eigenvalue weighted by Gasteiger charge is 2.37. The molecule has 1 aromatic carbocycles. The van der Waals surface area contributed by atoms with E-state index in [1.165, 1.54) is 18.7 Å². The fourth-order valence-electron chi connectivity index (χ4n) is 2.15. The van der Waals surface area contributed by atoms with Gasteiger partial charge in [0.05, 0.1) is 6.61 Å². The molecule has 0 heterocycles. The van der Waals surface area contributed by atoms with Crippen LogP contribution in [-0.4, -0.2) is 49.7 Å². The van der Waals surface area contributed by atoms with Crippen molar-refractivity contribution >= 4 is 22.8 Å². The van der Waals surface area contributed by atoms with E-state index in [2.05, 4.69) is 23.7 Å². The van der Waals surface area contributed by atoms with E-state index in [-0.39, 0.29) is 64.6 Å². The quantitative estimate of drug-likeness (QED) is 0.292. The van der Waals surface area contributed by atoms with Gasteiger partial charge in [0.15, 0.2) is 10.1 Å². The molecular formula is C16H24INO4S. The topological polar surface area (TPSA) is 64.6 Å². The molecule has 0 radical (unpaired) electrons. The van der Waals surface area contributed by atoms with Crippen molar-refractivity contribution in [3.8, 4) is 0 Å². The molecule has 1 rings (SSSR count). The predicted molar refractivity (Wildman–Crippen MR) is 87.9 cm³/mol. The standard InChI is InChI=1S/C16H23NO4S.HI/c1-12(18)17-15(10-21-13(2)19)16(11-20-3)22(4)14-8-6-5-7-9-14;/h5-9,15-16H,10-11H2,1-4H3;1H/t15-,16-,22?;/m1./s1. The number of amides is 1. The third-order valence-electron chi connectivity index (χ3n) is 3.20. The SMILES string of the molecule is COC[C@H]([C@@H](COC(C)=O)NC(C)=O)[S+](C)c1ccccc1.[I-]. The number of hydrogen-bond acceptors (Lipinski definition) is 4. The minimum atomic E-state index is -0.359. The van der Waals surface area contributed by atoms with E-state index in [0.717, 1.165) is 0 Å². The number of methoxy groups -OCH3 is 1. The molecule has 0 fully saturated rings. The number of hydrogen-bond donors (Lipinski definition) is 1. The molecule has 0 aliphatic heterocycles. The first-order valence-corrected chi connectivity index (χ1v) is 8.74. The maximum Gasteiger partial charge on any atom is 0.302 e. The van der Waals surface area contributed by atoms with Crippen molar-refractivity contribution in [3.05, 3.63) is 30.3 Å². The summed E-state index contributed by atoms with van der Waals surface area (Å²) in [5.74, 6) is -0.509. The van der Waals surface area contributed by atoms with Gasteiger partial charge in [0.2, 0.25) is 5.91 Å². The Morgan fingerprint density at radius 1 is 1.17 bits per heavy atom. The van der Waals surface area contributed by atoms with Crippen LogP contribution in [0.3, 0.4) is 0 Å². The molecule has 23 heavy (non-hydrogen) atoms. The van der Waals surface area contributed by atoms with Crippen LogP contribution in [0.25, 0.3) is 0 Å². The van der Waals surface area contributed by atoms with Gasteiger partial charge >= 0.3 is 5.97 Å².